The molecule has 19 heavy (non-hydrogen) atoms. The molecule has 0 radical (unpaired) electrons. The average molecular weight is 264 g/mol. The maximum Gasteiger partial charge on any atom is 0.303 e. The molecule has 1 heterocycles. The second-order valence-corrected chi connectivity index (χ2v) is 4.79. The zero-order valence-electron chi connectivity index (χ0n) is 11.1. The lowest BCUT2D eigenvalue weighted by atomic mass is 10.0. The molecule has 0 aliphatic rings. The number of fused-ring (bicyclic) bond motifs is 1. The van der Waals surface area contributed by atoms with Crippen molar-refractivity contribution < 1.29 is 14.3 Å². The number of carboxylic acids is 1. The molecule has 102 valence electrons. The van der Waals surface area contributed by atoms with E-state index in [4.69, 9.17) is 5.11 Å². The van der Waals surface area contributed by atoms with Crippen LogP contribution in [0.25, 0.3) is 11.0 Å². The third-order valence-corrected chi connectivity index (χ3v) is 3.18. The molecule has 0 bridgehead atoms. The molecule has 0 spiro atoms. The SMILES string of the molecule is CCn1c(CC(C)CC(=O)O)nc2c(F)cccc21. The normalized spacial score (nSPS) is 12.8. The third kappa shape index (κ3) is 2.75. The number of benzene rings is 1. The minimum atomic E-state index is -0.821. The van der Waals surface area contributed by atoms with Gasteiger partial charge in [0.1, 0.15) is 11.3 Å². The van der Waals surface area contributed by atoms with Crippen LogP contribution in [0, 0.1) is 11.7 Å². The van der Waals surface area contributed by atoms with Gasteiger partial charge in [-0.2, -0.15) is 0 Å². The van der Waals surface area contributed by atoms with E-state index >= 15 is 0 Å². The fourth-order valence-corrected chi connectivity index (χ4v) is 2.35. The van der Waals surface area contributed by atoms with Crippen LogP contribution in [-0.2, 0) is 17.8 Å². The number of aromatic nitrogens is 2. The van der Waals surface area contributed by atoms with Crippen LogP contribution in [-0.4, -0.2) is 20.6 Å². The van der Waals surface area contributed by atoms with Crippen LogP contribution in [0.2, 0.25) is 0 Å². The highest BCUT2D eigenvalue weighted by molar-refractivity contribution is 5.76. The van der Waals surface area contributed by atoms with Crippen molar-refractivity contribution in [1.82, 2.24) is 9.55 Å². The van der Waals surface area contributed by atoms with Crippen LogP contribution < -0.4 is 0 Å². The number of aryl methyl sites for hydroxylation is 1. The highest BCUT2D eigenvalue weighted by atomic mass is 19.1. The number of imidazole rings is 1. The minimum Gasteiger partial charge on any atom is -0.481 e. The number of para-hydroxylation sites is 1. The number of hydrogen-bond donors (Lipinski definition) is 1. The molecule has 1 N–H and O–H groups in total. The first-order chi connectivity index (χ1) is 9.02. The van der Waals surface area contributed by atoms with Crippen molar-refractivity contribution in [3.8, 4) is 0 Å². The summed E-state index contributed by atoms with van der Waals surface area (Å²) in [6, 6.07) is 4.88. The molecule has 0 aliphatic carbocycles. The van der Waals surface area contributed by atoms with Gasteiger partial charge in [-0.05, 0) is 25.0 Å². The van der Waals surface area contributed by atoms with Crippen LogP contribution in [0.3, 0.4) is 0 Å². The van der Waals surface area contributed by atoms with Gasteiger partial charge in [0, 0.05) is 19.4 Å². The van der Waals surface area contributed by atoms with Crippen molar-refractivity contribution in [3.63, 3.8) is 0 Å². The summed E-state index contributed by atoms with van der Waals surface area (Å²) in [5.41, 5.74) is 1.13. The van der Waals surface area contributed by atoms with Crippen molar-refractivity contribution in [2.45, 2.75) is 33.2 Å². The number of aliphatic carboxylic acids is 1. The molecule has 0 amide bonds. The van der Waals surface area contributed by atoms with E-state index in [0.29, 0.717) is 18.5 Å². The monoisotopic (exact) mass is 264 g/mol. The number of carboxylic acid groups (broad SMARTS) is 1. The maximum absolute atomic E-state index is 13.7. The number of carbonyl (C=O) groups is 1. The maximum atomic E-state index is 13.7. The Balaban J connectivity index is 2.37. The summed E-state index contributed by atoms with van der Waals surface area (Å²) in [5.74, 6) is -0.436. The van der Waals surface area contributed by atoms with Crippen LogP contribution in [0.1, 0.15) is 26.1 Å². The molecule has 1 atom stereocenters. The zero-order valence-corrected chi connectivity index (χ0v) is 11.1. The molecule has 0 aliphatic heterocycles. The number of rotatable bonds is 5. The van der Waals surface area contributed by atoms with Crippen molar-refractivity contribution in [2.75, 3.05) is 0 Å². The van der Waals surface area contributed by atoms with Crippen molar-refractivity contribution >= 4 is 17.0 Å². The van der Waals surface area contributed by atoms with Crippen LogP contribution >= 0.6 is 0 Å². The zero-order chi connectivity index (χ0) is 14.0. The lowest BCUT2D eigenvalue weighted by molar-refractivity contribution is -0.137. The van der Waals surface area contributed by atoms with Crippen LogP contribution in [0.5, 0.6) is 0 Å². The summed E-state index contributed by atoms with van der Waals surface area (Å²) in [6.07, 6.45) is 0.629. The summed E-state index contributed by atoms with van der Waals surface area (Å²) < 4.78 is 15.6. The molecule has 0 saturated carbocycles. The van der Waals surface area contributed by atoms with E-state index in [2.05, 4.69) is 4.98 Å². The first-order valence-corrected chi connectivity index (χ1v) is 6.38. The van der Waals surface area contributed by atoms with Gasteiger partial charge >= 0.3 is 5.97 Å². The minimum absolute atomic E-state index is 0.0253. The Kier molecular flexibility index (Phi) is 3.83. The van der Waals surface area contributed by atoms with Crippen molar-refractivity contribution in [2.24, 2.45) is 5.92 Å². The molecule has 5 heteroatoms. The molecule has 0 fully saturated rings. The highest BCUT2D eigenvalue weighted by Gasteiger charge is 2.16. The topological polar surface area (TPSA) is 55.1 Å². The molecule has 2 aromatic rings. The highest BCUT2D eigenvalue weighted by Crippen LogP contribution is 2.21. The van der Waals surface area contributed by atoms with Gasteiger partial charge in [0.05, 0.1) is 5.52 Å². The fourth-order valence-electron chi connectivity index (χ4n) is 2.35. The van der Waals surface area contributed by atoms with Gasteiger partial charge in [-0.3, -0.25) is 4.79 Å². The van der Waals surface area contributed by atoms with E-state index in [0.717, 1.165) is 11.3 Å². The molecular formula is C14H17FN2O2. The van der Waals surface area contributed by atoms with E-state index in [1.54, 1.807) is 6.07 Å². The van der Waals surface area contributed by atoms with Crippen LogP contribution in [0.4, 0.5) is 4.39 Å². The van der Waals surface area contributed by atoms with E-state index in [1.165, 1.54) is 6.07 Å². The van der Waals surface area contributed by atoms with Gasteiger partial charge in [0.25, 0.3) is 0 Å². The molecule has 1 aromatic carbocycles. The Bertz CT molecular complexity index is 607. The van der Waals surface area contributed by atoms with E-state index < -0.39 is 5.97 Å². The third-order valence-electron chi connectivity index (χ3n) is 3.18. The lowest BCUT2D eigenvalue weighted by Crippen LogP contribution is -2.11. The Morgan fingerprint density at radius 2 is 2.26 bits per heavy atom. The Labute approximate surface area is 110 Å². The first-order valence-electron chi connectivity index (χ1n) is 6.38. The molecule has 1 aromatic heterocycles. The smallest absolute Gasteiger partial charge is 0.303 e. The van der Waals surface area contributed by atoms with Gasteiger partial charge in [-0.25, -0.2) is 9.37 Å². The van der Waals surface area contributed by atoms with Gasteiger partial charge in [0.15, 0.2) is 5.82 Å². The van der Waals surface area contributed by atoms with E-state index in [-0.39, 0.29) is 18.2 Å². The van der Waals surface area contributed by atoms with E-state index in [9.17, 15) is 9.18 Å². The van der Waals surface area contributed by atoms with Gasteiger partial charge in [0.2, 0.25) is 0 Å². The first kappa shape index (κ1) is 13.5. The largest absolute Gasteiger partial charge is 0.481 e. The van der Waals surface area contributed by atoms with Crippen molar-refractivity contribution in [1.29, 1.82) is 0 Å². The summed E-state index contributed by atoms with van der Waals surface area (Å²) in [5, 5.41) is 8.79. The predicted molar refractivity (Wildman–Crippen MR) is 70.5 cm³/mol. The molecule has 0 saturated heterocycles. The molecule has 1 unspecified atom stereocenters. The van der Waals surface area contributed by atoms with Gasteiger partial charge in [-0.1, -0.05) is 13.0 Å². The second-order valence-electron chi connectivity index (χ2n) is 4.79. The number of halogens is 1. The van der Waals surface area contributed by atoms with E-state index in [1.807, 2.05) is 24.5 Å². The van der Waals surface area contributed by atoms with Crippen LogP contribution in [0.15, 0.2) is 18.2 Å². The number of nitrogens with zero attached hydrogens (tertiary/aromatic N) is 2. The van der Waals surface area contributed by atoms with Gasteiger partial charge < -0.3 is 9.67 Å². The summed E-state index contributed by atoms with van der Waals surface area (Å²) in [7, 11) is 0. The summed E-state index contributed by atoms with van der Waals surface area (Å²) in [4.78, 5) is 15.0. The lowest BCUT2D eigenvalue weighted by Gasteiger charge is -2.10. The standard InChI is InChI=1S/C14H17FN2O2/c1-3-17-11-6-4-5-10(15)14(11)16-12(17)7-9(2)8-13(18)19/h4-6,9H,3,7-8H2,1-2H3,(H,18,19). The summed E-state index contributed by atoms with van der Waals surface area (Å²) >= 11 is 0. The Hall–Kier alpha value is -1.91. The molecule has 2 rings (SSSR count). The quantitative estimate of drug-likeness (QED) is 0.903. The van der Waals surface area contributed by atoms with Crippen molar-refractivity contribution in [3.05, 3.63) is 29.8 Å². The fraction of sp³-hybridized carbons (Fsp3) is 0.429. The predicted octanol–water partition coefficient (Wildman–Crippen LogP) is 2.85. The average Bonchev–Trinajstić information content (AvgIpc) is 2.66. The molecule has 4 nitrogen and oxygen atoms in total. The Morgan fingerprint density at radius 1 is 1.53 bits per heavy atom. The molecular weight excluding hydrogens is 247 g/mol. The summed E-state index contributed by atoms with van der Waals surface area (Å²) in [6.45, 7) is 4.52. The number of hydrogen-bond acceptors (Lipinski definition) is 2. The Morgan fingerprint density at radius 3 is 2.89 bits per heavy atom. The van der Waals surface area contributed by atoms with Gasteiger partial charge in [-0.15, -0.1) is 0 Å². The second kappa shape index (κ2) is 5.38.